The van der Waals surface area contributed by atoms with Crippen molar-refractivity contribution in [3.8, 4) is 34.3 Å². The number of pyridine rings is 2. The van der Waals surface area contributed by atoms with Crippen LogP contribution in [0.25, 0.3) is 22.3 Å². The van der Waals surface area contributed by atoms with Gasteiger partial charge in [0.2, 0.25) is 20.0 Å². The van der Waals surface area contributed by atoms with Crippen LogP contribution >= 0.6 is 0 Å². The lowest BCUT2D eigenvalue weighted by Gasteiger charge is -2.30. The largest absolute Gasteiger partial charge is 0.387 e. The Balaban J connectivity index is 0.000000170. The van der Waals surface area contributed by atoms with E-state index in [0.29, 0.717) is 31.4 Å². The van der Waals surface area contributed by atoms with E-state index in [1.807, 2.05) is 42.7 Å². The third-order valence-corrected chi connectivity index (χ3v) is 15.2. The fourth-order valence-corrected chi connectivity index (χ4v) is 10.8. The molecule has 0 saturated carbocycles. The molecule has 4 heterocycles. The number of carbonyl (C=O) groups is 1. The first kappa shape index (κ1) is 44.6. The van der Waals surface area contributed by atoms with Gasteiger partial charge in [-0.05, 0) is 161 Å². The lowest BCUT2D eigenvalue weighted by atomic mass is 9.98. The van der Waals surface area contributed by atoms with E-state index in [4.69, 9.17) is 15.1 Å². The van der Waals surface area contributed by atoms with Crippen LogP contribution in [-0.2, 0) is 45.7 Å². The Labute approximate surface area is 354 Å². The van der Waals surface area contributed by atoms with E-state index in [0.717, 1.165) is 111 Å². The molecule has 14 nitrogen and oxygen atoms in total. The van der Waals surface area contributed by atoms with E-state index in [9.17, 15) is 21.6 Å². The lowest BCUT2D eigenvalue weighted by Crippen LogP contribution is -2.46. The summed E-state index contributed by atoms with van der Waals surface area (Å²) in [5.41, 5.74) is 9.30. The van der Waals surface area contributed by atoms with Crippen molar-refractivity contribution in [1.82, 2.24) is 24.5 Å². The van der Waals surface area contributed by atoms with Crippen LogP contribution in [-0.4, -0.2) is 92.4 Å². The van der Waals surface area contributed by atoms with Crippen LogP contribution in [0.15, 0.2) is 73.3 Å². The van der Waals surface area contributed by atoms with Gasteiger partial charge >= 0.3 is 6.03 Å². The molecule has 60 heavy (non-hydrogen) atoms. The molecule has 0 unspecified atom stereocenters. The molecule has 2 saturated heterocycles. The van der Waals surface area contributed by atoms with Crippen LogP contribution < -0.4 is 19.9 Å². The quantitative estimate of drug-likeness (QED) is 0.166. The minimum absolute atomic E-state index is 0.305. The Morgan fingerprint density at radius 1 is 0.733 bits per heavy atom. The van der Waals surface area contributed by atoms with E-state index < -0.39 is 31.3 Å². The number of aromatic nitrogens is 2. The molecule has 4 aromatic rings. The number of nitrogens with one attached hydrogen (secondary N) is 2. The number of nitrogens with zero attached hydrogens (tertiary/aromatic N) is 5. The molecule has 2 amide bonds. The summed E-state index contributed by atoms with van der Waals surface area (Å²) in [5, 5.41) is 15.9. The molecule has 16 heteroatoms. The third kappa shape index (κ3) is 11.3. The van der Waals surface area contributed by atoms with Gasteiger partial charge in [0.25, 0.3) is 6.26 Å². The second-order valence-corrected chi connectivity index (χ2v) is 19.3. The molecule has 2 aromatic heterocycles. The van der Waals surface area contributed by atoms with Crippen molar-refractivity contribution in [1.29, 1.82) is 5.26 Å². The normalized spacial score (nSPS) is 17.2. The van der Waals surface area contributed by atoms with Crippen LogP contribution in [0.1, 0.15) is 74.6 Å². The number of primary sulfonamides is 1. The second kappa shape index (κ2) is 20.6. The summed E-state index contributed by atoms with van der Waals surface area (Å²) >= 11 is 0. The minimum Gasteiger partial charge on any atom is -0.387 e. The number of hydrogen-bond acceptors (Lipinski definition) is 11. The van der Waals surface area contributed by atoms with Crippen LogP contribution in [0, 0.1) is 11.5 Å². The molecular formula is C44H56N8O6S2. The Morgan fingerprint density at radius 2 is 1.22 bits per heavy atom. The smallest absolute Gasteiger partial charge is 0.332 e. The molecular weight excluding hydrogens is 801 g/mol. The topological polar surface area (TPSA) is 201 Å². The van der Waals surface area contributed by atoms with Gasteiger partial charge in [0.15, 0.2) is 5.75 Å². The van der Waals surface area contributed by atoms with Crippen molar-refractivity contribution < 1.29 is 26.4 Å². The molecule has 8 rings (SSSR count). The van der Waals surface area contributed by atoms with Gasteiger partial charge in [0, 0.05) is 35.9 Å². The monoisotopic (exact) mass is 856 g/mol. The standard InChI is InChI=1S/C22H28N4O3S.C15H12N2O.C7H16N2O2S/c1-2-26-14-10-18(11-15-26)30(28,29)25-22(27)24-21-19-5-3-4-16(19)6-7-20(21)17-8-12-23-13-9-17;16-10-18-15-13-3-1-2-11(13)4-5-14(15)12-6-8-17-9-7-12;1-2-9-5-3-7(4-6-9)12(8,10)11/h6-9,12-13,18H,2-5,10-11,14-15H2,1H3,(H2,24,25,27);4-9H,1-3H2;7H,2-6H2,1H3,(H2,8,10,11). The lowest BCUT2D eigenvalue weighted by molar-refractivity contribution is 0.240. The first-order chi connectivity index (χ1) is 28.9. The van der Waals surface area contributed by atoms with Gasteiger partial charge in [-0.3, -0.25) is 9.97 Å². The summed E-state index contributed by atoms with van der Waals surface area (Å²) in [7, 11) is -7.01. The van der Waals surface area contributed by atoms with Crippen molar-refractivity contribution in [3.63, 3.8) is 0 Å². The third-order valence-electron chi connectivity index (χ3n) is 12.0. The number of carbonyl (C=O) groups excluding carboxylic acids is 1. The Bertz CT molecular complexity index is 2340. The van der Waals surface area contributed by atoms with Crippen molar-refractivity contribution >= 4 is 31.8 Å². The molecule has 320 valence electrons. The van der Waals surface area contributed by atoms with Crippen LogP contribution in [0.3, 0.4) is 0 Å². The number of urea groups is 1. The van der Waals surface area contributed by atoms with E-state index >= 15 is 0 Å². The molecule has 0 bridgehead atoms. The number of nitrogens with two attached hydrogens (primary N) is 1. The molecule has 4 N–H and O–H groups in total. The van der Waals surface area contributed by atoms with Gasteiger partial charge < -0.3 is 19.9 Å². The Hall–Kier alpha value is -4.92. The predicted octanol–water partition coefficient (Wildman–Crippen LogP) is 6.03. The molecule has 2 fully saturated rings. The highest BCUT2D eigenvalue weighted by atomic mass is 32.2. The zero-order valence-corrected chi connectivity index (χ0v) is 36.1. The van der Waals surface area contributed by atoms with Gasteiger partial charge in [-0.2, -0.15) is 0 Å². The van der Waals surface area contributed by atoms with Gasteiger partial charge in [-0.1, -0.05) is 38.1 Å². The van der Waals surface area contributed by atoms with Gasteiger partial charge in [0.05, 0.1) is 16.2 Å². The predicted molar refractivity (Wildman–Crippen MR) is 234 cm³/mol. The number of benzene rings is 2. The zero-order valence-electron chi connectivity index (χ0n) is 34.5. The average molecular weight is 857 g/mol. The fraction of sp³-hybridized carbons (Fsp3) is 0.455. The van der Waals surface area contributed by atoms with Gasteiger partial charge in [0.1, 0.15) is 0 Å². The van der Waals surface area contributed by atoms with Crippen LogP contribution in [0.5, 0.6) is 5.75 Å². The number of aryl methyl sites for hydroxylation is 2. The number of piperidine rings is 2. The van der Waals surface area contributed by atoms with E-state index in [2.05, 4.69) is 55.8 Å². The summed E-state index contributed by atoms with van der Waals surface area (Å²) in [5.74, 6) is 0.721. The van der Waals surface area contributed by atoms with Crippen molar-refractivity contribution in [2.24, 2.45) is 5.14 Å². The number of fused-ring (bicyclic) bond motifs is 2. The summed E-state index contributed by atoms with van der Waals surface area (Å²) in [6.45, 7) is 9.25. The summed E-state index contributed by atoms with van der Waals surface area (Å²) < 4.78 is 54.9. The van der Waals surface area contributed by atoms with E-state index in [-0.39, 0.29) is 5.25 Å². The summed E-state index contributed by atoms with van der Waals surface area (Å²) in [6, 6.07) is 15.2. The molecule has 0 atom stereocenters. The molecule has 2 aliphatic heterocycles. The number of hydrogen-bond donors (Lipinski definition) is 3. The second-order valence-electron chi connectivity index (χ2n) is 15.5. The minimum atomic E-state index is -3.72. The van der Waals surface area contributed by atoms with Crippen molar-refractivity contribution in [2.45, 2.75) is 88.6 Å². The molecule has 2 aromatic carbocycles. The SMILES string of the molecule is CCN1CCC(S(=O)(=O)NC(=O)Nc2c(-c3ccncc3)ccc3c2CCC3)CC1.CCN1CCC(S(N)(=O)=O)CC1.N#COc1c(-c2ccncc2)ccc2c1CCC2. The number of amides is 2. The van der Waals surface area contributed by atoms with Crippen molar-refractivity contribution in [3.05, 3.63) is 95.6 Å². The number of likely N-dealkylation sites (tertiary alicyclic amines) is 2. The average Bonchev–Trinajstić information content (AvgIpc) is 3.96. The Kier molecular flexibility index (Phi) is 15.3. The number of nitriles is 1. The Morgan fingerprint density at radius 3 is 1.73 bits per heavy atom. The maximum atomic E-state index is 12.8. The van der Waals surface area contributed by atoms with E-state index in [1.165, 1.54) is 16.7 Å². The highest BCUT2D eigenvalue weighted by molar-refractivity contribution is 7.90. The van der Waals surface area contributed by atoms with Crippen LogP contribution in [0.4, 0.5) is 10.5 Å². The number of ether oxygens (including phenoxy) is 1. The number of sulfonamides is 2. The maximum absolute atomic E-state index is 12.8. The number of anilines is 1. The maximum Gasteiger partial charge on any atom is 0.332 e. The first-order valence-electron chi connectivity index (χ1n) is 20.9. The first-order valence-corrected chi connectivity index (χ1v) is 24.0. The van der Waals surface area contributed by atoms with Gasteiger partial charge in [-0.15, -0.1) is 5.26 Å². The molecule has 0 radical (unpaired) electrons. The van der Waals surface area contributed by atoms with Crippen LogP contribution in [0.2, 0.25) is 0 Å². The zero-order chi connectivity index (χ0) is 42.7. The van der Waals surface area contributed by atoms with Gasteiger partial charge in [-0.25, -0.2) is 31.5 Å². The molecule has 2 aliphatic carbocycles. The van der Waals surface area contributed by atoms with E-state index in [1.54, 1.807) is 24.8 Å². The molecule has 0 spiro atoms. The summed E-state index contributed by atoms with van der Waals surface area (Å²) in [6.07, 6.45) is 17.2. The molecule has 4 aliphatic rings. The summed E-state index contributed by atoms with van der Waals surface area (Å²) in [4.78, 5) is 25.3. The highest BCUT2D eigenvalue weighted by Crippen LogP contribution is 2.39. The fourth-order valence-electron chi connectivity index (χ4n) is 8.58. The number of rotatable bonds is 9. The van der Waals surface area contributed by atoms with Crippen molar-refractivity contribution in [2.75, 3.05) is 44.6 Å². The highest BCUT2D eigenvalue weighted by Gasteiger charge is 2.32.